The molecular weight excluding hydrogens is 250 g/mol. The maximum absolute atomic E-state index is 13.3. The Balaban J connectivity index is 2.72. The van der Waals surface area contributed by atoms with Crippen molar-refractivity contribution in [2.45, 2.75) is 18.9 Å². The summed E-state index contributed by atoms with van der Waals surface area (Å²) in [5.41, 5.74) is 6.59. The molecule has 98 valence electrons. The summed E-state index contributed by atoms with van der Waals surface area (Å²) in [6.07, 6.45) is -3.80. The highest BCUT2D eigenvalue weighted by molar-refractivity contribution is 5.79. The number of imidazole rings is 1. The number of nitrogens with two attached hydrogens (primary N) is 1. The second kappa shape index (κ2) is 4.24. The Morgan fingerprint density at radius 1 is 1.39 bits per heavy atom. The predicted molar refractivity (Wildman–Crippen MR) is 58.5 cm³/mol. The molecule has 2 aromatic rings. The largest absolute Gasteiger partial charge is 0.364 e. The van der Waals surface area contributed by atoms with Gasteiger partial charge in [-0.3, -0.25) is 0 Å². The minimum absolute atomic E-state index is 0.105. The Kier molecular flexibility index (Phi) is 3.02. The van der Waals surface area contributed by atoms with Crippen molar-refractivity contribution in [3.05, 3.63) is 29.6 Å². The summed E-state index contributed by atoms with van der Waals surface area (Å²) in [5.74, 6) is -5.23. The molecule has 0 unspecified atom stereocenters. The van der Waals surface area contributed by atoms with E-state index in [1.165, 1.54) is 13.1 Å². The van der Waals surface area contributed by atoms with Gasteiger partial charge in [-0.25, -0.2) is 13.8 Å². The molecule has 2 rings (SSSR count). The number of aromatic nitrogens is 2. The van der Waals surface area contributed by atoms with Crippen LogP contribution in [0, 0.1) is 0 Å². The first-order valence-electron chi connectivity index (χ1n) is 5.20. The van der Waals surface area contributed by atoms with E-state index in [1.54, 1.807) is 12.1 Å². The summed E-state index contributed by atoms with van der Waals surface area (Å²) >= 11 is 0. The van der Waals surface area contributed by atoms with Gasteiger partial charge in [0.1, 0.15) is 0 Å². The van der Waals surface area contributed by atoms with Crippen molar-refractivity contribution >= 4 is 11.0 Å². The smallest absolute Gasteiger partial charge is 0.326 e. The van der Waals surface area contributed by atoms with E-state index < -0.39 is 18.2 Å². The summed E-state index contributed by atoms with van der Waals surface area (Å²) in [5, 5.41) is 0. The molecule has 0 saturated heterocycles. The van der Waals surface area contributed by atoms with E-state index in [0.29, 0.717) is 11.1 Å². The van der Waals surface area contributed by atoms with Gasteiger partial charge in [-0.15, -0.1) is 0 Å². The van der Waals surface area contributed by atoms with Crippen LogP contribution in [0.2, 0.25) is 0 Å². The Bertz CT molecular complexity index is 577. The fourth-order valence-corrected chi connectivity index (χ4v) is 1.83. The van der Waals surface area contributed by atoms with Gasteiger partial charge in [-0.2, -0.15) is 8.78 Å². The topological polar surface area (TPSA) is 43.8 Å². The summed E-state index contributed by atoms with van der Waals surface area (Å²) in [7, 11) is 1.28. The maximum atomic E-state index is 13.3. The van der Waals surface area contributed by atoms with Crippen LogP contribution in [0.3, 0.4) is 0 Å². The van der Waals surface area contributed by atoms with E-state index in [9.17, 15) is 17.6 Å². The summed E-state index contributed by atoms with van der Waals surface area (Å²) in [4.78, 5) is 3.63. The van der Waals surface area contributed by atoms with Gasteiger partial charge >= 0.3 is 12.3 Å². The fourth-order valence-electron chi connectivity index (χ4n) is 1.83. The van der Waals surface area contributed by atoms with Gasteiger partial charge in [0, 0.05) is 13.6 Å². The molecule has 0 fully saturated rings. The molecule has 1 aromatic heterocycles. The van der Waals surface area contributed by atoms with Crippen LogP contribution in [0.1, 0.15) is 11.4 Å². The summed E-state index contributed by atoms with van der Waals surface area (Å²) in [6.45, 7) is 0.105. The number of fused-ring (bicyclic) bond motifs is 1. The first-order chi connectivity index (χ1) is 8.39. The molecule has 2 N–H and O–H groups in total. The van der Waals surface area contributed by atoms with Gasteiger partial charge in [-0.1, -0.05) is 12.1 Å². The first kappa shape index (κ1) is 12.8. The molecule has 0 bridgehead atoms. The number of nitrogens with zero attached hydrogens (tertiary/aromatic N) is 2. The molecular formula is C11H11F4N3. The monoisotopic (exact) mass is 261 g/mol. The molecule has 0 radical (unpaired) electrons. The normalized spacial score (nSPS) is 12.6. The number of benzene rings is 1. The van der Waals surface area contributed by atoms with Crippen LogP contribution >= 0.6 is 0 Å². The number of hydrogen-bond donors (Lipinski definition) is 1. The Morgan fingerprint density at radius 3 is 2.61 bits per heavy atom. The zero-order chi connectivity index (χ0) is 13.5. The minimum Gasteiger partial charge on any atom is -0.326 e. The van der Waals surface area contributed by atoms with Crippen molar-refractivity contribution in [2.75, 3.05) is 0 Å². The van der Waals surface area contributed by atoms with Crippen LogP contribution in [-0.4, -0.2) is 16.0 Å². The molecule has 0 spiro atoms. The van der Waals surface area contributed by atoms with Crippen molar-refractivity contribution in [2.24, 2.45) is 12.8 Å². The van der Waals surface area contributed by atoms with E-state index in [0.717, 1.165) is 4.57 Å². The lowest BCUT2D eigenvalue weighted by Gasteiger charge is -2.14. The fraction of sp³-hybridized carbons (Fsp3) is 0.364. The van der Waals surface area contributed by atoms with Gasteiger partial charge in [0.15, 0.2) is 5.82 Å². The number of para-hydroxylation sites is 1. The van der Waals surface area contributed by atoms with Gasteiger partial charge in [0.05, 0.1) is 11.0 Å². The van der Waals surface area contributed by atoms with Crippen LogP contribution in [0.4, 0.5) is 17.6 Å². The molecule has 0 aliphatic heterocycles. The SMILES string of the molecule is Cn1c(C(F)(F)C(F)F)nc2c(CN)cccc21. The van der Waals surface area contributed by atoms with E-state index in [2.05, 4.69) is 4.98 Å². The third kappa shape index (κ3) is 1.74. The third-order valence-electron chi connectivity index (χ3n) is 2.79. The number of rotatable bonds is 3. The zero-order valence-electron chi connectivity index (χ0n) is 9.50. The molecule has 18 heavy (non-hydrogen) atoms. The van der Waals surface area contributed by atoms with Gasteiger partial charge in [0.2, 0.25) is 0 Å². The number of hydrogen-bond acceptors (Lipinski definition) is 2. The summed E-state index contributed by atoms with van der Waals surface area (Å²) in [6, 6.07) is 4.78. The quantitative estimate of drug-likeness (QED) is 0.862. The minimum atomic E-state index is -4.28. The average Bonchev–Trinajstić information content (AvgIpc) is 2.67. The van der Waals surface area contributed by atoms with Crippen LogP contribution < -0.4 is 5.73 Å². The average molecular weight is 261 g/mol. The lowest BCUT2D eigenvalue weighted by Crippen LogP contribution is -2.27. The van der Waals surface area contributed by atoms with E-state index in [4.69, 9.17) is 5.73 Å². The van der Waals surface area contributed by atoms with Gasteiger partial charge in [-0.05, 0) is 11.6 Å². The van der Waals surface area contributed by atoms with Crippen LogP contribution in [0.5, 0.6) is 0 Å². The van der Waals surface area contributed by atoms with Crippen molar-refractivity contribution in [3.63, 3.8) is 0 Å². The van der Waals surface area contributed by atoms with Crippen molar-refractivity contribution < 1.29 is 17.6 Å². The maximum Gasteiger partial charge on any atom is 0.364 e. The predicted octanol–water partition coefficient (Wildman–Crippen LogP) is 2.39. The molecule has 1 aromatic carbocycles. The zero-order valence-corrected chi connectivity index (χ0v) is 9.50. The second-order valence-corrected chi connectivity index (χ2v) is 3.91. The molecule has 0 aliphatic rings. The van der Waals surface area contributed by atoms with E-state index >= 15 is 0 Å². The third-order valence-corrected chi connectivity index (χ3v) is 2.79. The molecule has 0 aliphatic carbocycles. The molecule has 1 heterocycles. The first-order valence-corrected chi connectivity index (χ1v) is 5.20. The second-order valence-electron chi connectivity index (χ2n) is 3.91. The molecule has 0 amide bonds. The molecule has 7 heteroatoms. The van der Waals surface area contributed by atoms with Crippen LogP contribution in [0.25, 0.3) is 11.0 Å². The lowest BCUT2D eigenvalue weighted by atomic mass is 10.2. The van der Waals surface area contributed by atoms with Gasteiger partial charge < -0.3 is 10.3 Å². The van der Waals surface area contributed by atoms with Crippen LogP contribution in [0.15, 0.2) is 18.2 Å². The number of alkyl halides is 4. The van der Waals surface area contributed by atoms with E-state index in [1.807, 2.05) is 0 Å². The lowest BCUT2D eigenvalue weighted by molar-refractivity contribution is -0.142. The highest BCUT2D eigenvalue weighted by Crippen LogP contribution is 2.35. The Labute approximate surface area is 100 Å². The molecule has 0 atom stereocenters. The molecule has 3 nitrogen and oxygen atoms in total. The Hall–Kier alpha value is -1.63. The molecule has 0 saturated carbocycles. The highest BCUT2D eigenvalue weighted by Gasteiger charge is 2.47. The van der Waals surface area contributed by atoms with Crippen molar-refractivity contribution in [1.29, 1.82) is 0 Å². The number of halogens is 4. The van der Waals surface area contributed by atoms with Crippen molar-refractivity contribution in [3.8, 4) is 0 Å². The number of aryl methyl sites for hydroxylation is 1. The van der Waals surface area contributed by atoms with Crippen molar-refractivity contribution in [1.82, 2.24) is 9.55 Å². The standard InChI is InChI=1S/C11H11F4N3/c1-18-7-4-2-3-6(5-16)8(7)17-10(18)11(14,15)9(12)13/h2-4,9H,5,16H2,1H3. The Morgan fingerprint density at radius 2 is 2.06 bits per heavy atom. The highest BCUT2D eigenvalue weighted by atomic mass is 19.3. The summed E-state index contributed by atoms with van der Waals surface area (Å²) < 4.78 is 52.4. The van der Waals surface area contributed by atoms with Crippen LogP contribution in [-0.2, 0) is 19.5 Å². The van der Waals surface area contributed by atoms with E-state index in [-0.39, 0.29) is 12.1 Å². The van der Waals surface area contributed by atoms with Gasteiger partial charge in [0.25, 0.3) is 0 Å².